The van der Waals surface area contributed by atoms with Crippen LogP contribution in [-0.4, -0.2) is 34.2 Å². The van der Waals surface area contributed by atoms with Gasteiger partial charge in [-0.2, -0.15) is 5.10 Å². The summed E-state index contributed by atoms with van der Waals surface area (Å²) in [6, 6.07) is 2.49. The smallest absolute Gasteiger partial charge is 0.315 e. The van der Waals surface area contributed by atoms with Gasteiger partial charge in [0, 0.05) is 17.0 Å². The number of carbonyl (C=O) groups excluding carboxylic acids is 1. The van der Waals surface area contributed by atoms with Gasteiger partial charge in [0.1, 0.15) is 0 Å². The van der Waals surface area contributed by atoms with Crippen molar-refractivity contribution in [1.82, 2.24) is 10.4 Å². The van der Waals surface area contributed by atoms with Gasteiger partial charge in [0.15, 0.2) is 5.75 Å². The Labute approximate surface area is 140 Å². The number of methoxy groups -OCH3 is 1. The third-order valence-electron chi connectivity index (χ3n) is 2.90. The van der Waals surface area contributed by atoms with Gasteiger partial charge in [0.25, 0.3) is 0 Å². The largest absolute Gasteiger partial charge is 0.500 e. The zero-order valence-electron chi connectivity index (χ0n) is 12.8. The summed E-state index contributed by atoms with van der Waals surface area (Å²) in [5.41, 5.74) is 2.74. The maximum atomic E-state index is 11.7. The van der Waals surface area contributed by atoms with Crippen molar-refractivity contribution >= 4 is 29.1 Å². The van der Waals surface area contributed by atoms with Crippen LogP contribution < -0.4 is 10.2 Å². The number of aromatic nitrogens is 1. The second-order valence-electron chi connectivity index (χ2n) is 4.68. The van der Waals surface area contributed by atoms with Crippen LogP contribution in [0.4, 0.5) is 5.69 Å². The lowest BCUT2D eigenvalue weighted by atomic mass is 10.2. The number of nitro benzene ring substituents is 1. The number of phenols is 1. The number of benzene rings is 1. The minimum absolute atomic E-state index is 0.0603. The lowest BCUT2D eigenvalue weighted by Gasteiger charge is -2.05. The van der Waals surface area contributed by atoms with Crippen molar-refractivity contribution in [2.75, 3.05) is 7.11 Å². The van der Waals surface area contributed by atoms with Crippen LogP contribution in [0.15, 0.2) is 22.6 Å². The number of thiazole rings is 1. The molecule has 0 aliphatic rings. The number of hydrazone groups is 1. The minimum atomic E-state index is -0.738. The van der Waals surface area contributed by atoms with Gasteiger partial charge in [-0.25, -0.2) is 10.4 Å². The first kappa shape index (κ1) is 17.3. The van der Waals surface area contributed by atoms with E-state index < -0.39 is 16.4 Å². The Morgan fingerprint density at radius 1 is 1.58 bits per heavy atom. The Hall–Kier alpha value is -3.01. The maximum Gasteiger partial charge on any atom is 0.315 e. The molecule has 1 heterocycles. The molecular weight excluding hydrogens is 336 g/mol. The molecule has 0 bridgehead atoms. The van der Waals surface area contributed by atoms with E-state index >= 15 is 0 Å². The summed E-state index contributed by atoms with van der Waals surface area (Å²) in [7, 11) is 1.28. The molecule has 2 rings (SSSR count). The van der Waals surface area contributed by atoms with Crippen LogP contribution in [0, 0.1) is 17.0 Å². The van der Waals surface area contributed by atoms with Crippen molar-refractivity contribution in [2.45, 2.75) is 13.3 Å². The highest BCUT2D eigenvalue weighted by Crippen LogP contribution is 2.36. The summed E-state index contributed by atoms with van der Waals surface area (Å²) < 4.78 is 4.87. The first-order valence-corrected chi connectivity index (χ1v) is 7.57. The lowest BCUT2D eigenvalue weighted by molar-refractivity contribution is -0.386. The number of hydrogen-bond donors (Lipinski definition) is 2. The van der Waals surface area contributed by atoms with Crippen LogP contribution >= 0.6 is 11.3 Å². The van der Waals surface area contributed by atoms with Crippen molar-refractivity contribution < 1.29 is 19.6 Å². The molecule has 126 valence electrons. The monoisotopic (exact) mass is 350 g/mol. The van der Waals surface area contributed by atoms with Crippen LogP contribution in [0.3, 0.4) is 0 Å². The summed E-state index contributed by atoms with van der Waals surface area (Å²) >= 11 is 1.45. The Balaban J connectivity index is 2.07. The van der Waals surface area contributed by atoms with Gasteiger partial charge in [-0.1, -0.05) is 0 Å². The molecule has 2 N–H and O–H groups in total. The highest BCUT2D eigenvalue weighted by atomic mass is 32.1. The molecule has 0 radical (unpaired) electrons. The molecule has 1 amide bonds. The van der Waals surface area contributed by atoms with E-state index in [2.05, 4.69) is 15.5 Å². The highest BCUT2D eigenvalue weighted by molar-refractivity contribution is 7.09. The highest BCUT2D eigenvalue weighted by Gasteiger charge is 2.19. The molecule has 10 heteroatoms. The fourth-order valence-electron chi connectivity index (χ4n) is 1.86. The van der Waals surface area contributed by atoms with Gasteiger partial charge in [0.2, 0.25) is 11.7 Å². The molecule has 9 nitrogen and oxygen atoms in total. The van der Waals surface area contributed by atoms with Gasteiger partial charge in [-0.15, -0.1) is 11.3 Å². The SMILES string of the molecule is COc1cc(/C=N\NC(=O)Cc2csc(C)n2)cc([N+](=O)[O-])c1O. The fourth-order valence-corrected chi connectivity index (χ4v) is 2.47. The molecule has 0 unspecified atom stereocenters. The van der Waals surface area contributed by atoms with E-state index in [1.54, 1.807) is 5.38 Å². The third-order valence-corrected chi connectivity index (χ3v) is 3.73. The van der Waals surface area contributed by atoms with Crippen molar-refractivity contribution in [1.29, 1.82) is 0 Å². The Morgan fingerprint density at radius 3 is 2.92 bits per heavy atom. The molecule has 1 aromatic carbocycles. The normalized spacial score (nSPS) is 10.8. The number of rotatable bonds is 6. The van der Waals surface area contributed by atoms with Gasteiger partial charge < -0.3 is 9.84 Å². The topological polar surface area (TPSA) is 127 Å². The molecule has 0 atom stereocenters. The minimum Gasteiger partial charge on any atom is -0.500 e. The van der Waals surface area contributed by atoms with Crippen LogP contribution in [0.25, 0.3) is 0 Å². The van der Waals surface area contributed by atoms with Gasteiger partial charge in [-0.05, 0) is 13.0 Å². The molecule has 0 saturated carbocycles. The molecule has 0 spiro atoms. The summed E-state index contributed by atoms with van der Waals surface area (Å²) in [5, 5.41) is 27.0. The molecule has 0 saturated heterocycles. The molecule has 0 fully saturated rings. The van der Waals surface area contributed by atoms with E-state index in [-0.39, 0.29) is 18.1 Å². The maximum absolute atomic E-state index is 11.7. The first-order valence-electron chi connectivity index (χ1n) is 6.69. The Kier molecular flexibility index (Phi) is 5.42. The van der Waals surface area contributed by atoms with E-state index in [1.807, 2.05) is 6.92 Å². The quantitative estimate of drug-likeness (QED) is 0.464. The third kappa shape index (κ3) is 4.26. The van der Waals surface area contributed by atoms with E-state index in [9.17, 15) is 20.0 Å². The molecular formula is C14H14N4O5S. The number of hydrogen-bond acceptors (Lipinski definition) is 8. The van der Waals surface area contributed by atoms with E-state index in [0.717, 1.165) is 11.1 Å². The molecule has 2 aromatic rings. The summed E-state index contributed by atoms with van der Waals surface area (Å²) in [4.78, 5) is 26.1. The van der Waals surface area contributed by atoms with Crippen molar-refractivity contribution in [3.63, 3.8) is 0 Å². The van der Waals surface area contributed by atoms with Crippen LogP contribution in [-0.2, 0) is 11.2 Å². The molecule has 1 aromatic heterocycles. The average molecular weight is 350 g/mol. The molecule has 24 heavy (non-hydrogen) atoms. The standard InChI is InChI=1S/C14H14N4O5S/c1-8-16-10(7-24-8)5-13(19)17-15-6-9-3-11(18(21)22)14(20)12(4-9)23-2/h3-4,6-7,20H,5H2,1-2H3,(H,17,19)/b15-6-. The van der Waals surface area contributed by atoms with Crippen molar-refractivity contribution in [3.8, 4) is 11.5 Å². The number of nitrogens with zero attached hydrogens (tertiary/aromatic N) is 3. The van der Waals surface area contributed by atoms with E-state index in [1.165, 1.54) is 30.7 Å². The second kappa shape index (κ2) is 7.51. The molecule has 0 aliphatic heterocycles. The van der Waals surface area contributed by atoms with Crippen LogP contribution in [0.2, 0.25) is 0 Å². The van der Waals surface area contributed by atoms with Crippen molar-refractivity contribution in [2.24, 2.45) is 5.10 Å². The van der Waals surface area contributed by atoms with Crippen molar-refractivity contribution in [3.05, 3.63) is 43.9 Å². The van der Waals surface area contributed by atoms with Crippen LogP contribution in [0.5, 0.6) is 11.5 Å². The predicted molar refractivity (Wildman–Crippen MR) is 87.6 cm³/mol. The van der Waals surface area contributed by atoms with Crippen LogP contribution in [0.1, 0.15) is 16.3 Å². The Bertz CT molecular complexity index is 802. The van der Waals surface area contributed by atoms with Gasteiger partial charge in [-0.3, -0.25) is 14.9 Å². The number of aryl methyl sites for hydroxylation is 1. The molecule has 0 aliphatic carbocycles. The summed E-state index contributed by atoms with van der Waals surface area (Å²) in [5.74, 6) is -0.991. The first-order chi connectivity index (χ1) is 11.4. The number of ether oxygens (including phenoxy) is 1. The number of amides is 1. The summed E-state index contributed by atoms with van der Waals surface area (Å²) in [6.07, 6.45) is 1.31. The Morgan fingerprint density at radius 2 is 2.33 bits per heavy atom. The van der Waals surface area contributed by atoms with Gasteiger partial charge in [0.05, 0.1) is 35.4 Å². The number of aromatic hydroxyl groups is 1. The second-order valence-corrected chi connectivity index (χ2v) is 5.74. The number of carbonyl (C=O) groups is 1. The zero-order valence-corrected chi connectivity index (χ0v) is 13.7. The fraction of sp³-hybridized carbons (Fsp3) is 0.214. The summed E-state index contributed by atoms with van der Waals surface area (Å²) in [6.45, 7) is 1.84. The van der Waals surface area contributed by atoms with Gasteiger partial charge >= 0.3 is 5.69 Å². The predicted octanol–water partition coefficient (Wildman–Crippen LogP) is 1.77. The van der Waals surface area contributed by atoms with E-state index in [0.29, 0.717) is 11.3 Å². The number of nitrogens with one attached hydrogen (secondary N) is 1. The number of nitro groups is 1. The van der Waals surface area contributed by atoms with E-state index in [4.69, 9.17) is 4.74 Å². The number of phenolic OH excluding ortho intramolecular Hbond substituents is 1. The lowest BCUT2D eigenvalue weighted by Crippen LogP contribution is -2.19. The zero-order chi connectivity index (χ0) is 17.7. The average Bonchev–Trinajstić information content (AvgIpc) is 2.93.